The Kier molecular flexibility index (Phi) is 7.26. The lowest BCUT2D eigenvalue weighted by molar-refractivity contribution is -0.301. The topological polar surface area (TPSA) is 101 Å². The highest BCUT2D eigenvalue weighted by Crippen LogP contribution is 2.40. The van der Waals surface area contributed by atoms with E-state index in [1.807, 2.05) is 0 Å². The van der Waals surface area contributed by atoms with E-state index in [1.165, 1.54) is 11.5 Å². The molecule has 9 nitrogen and oxygen atoms in total. The molecule has 1 amide bonds. The van der Waals surface area contributed by atoms with Crippen LogP contribution in [0.4, 0.5) is 30.7 Å². The summed E-state index contributed by atoms with van der Waals surface area (Å²) in [7, 11) is 0. The summed E-state index contributed by atoms with van der Waals surface area (Å²) in [6.07, 6.45) is -12.2. The molecule has 1 atom stereocenters. The number of nitrogens with zero attached hydrogens (tertiary/aromatic N) is 7. The smallest absolute Gasteiger partial charge is 0.362 e. The maximum atomic E-state index is 13.3. The van der Waals surface area contributed by atoms with Crippen LogP contribution in [-0.2, 0) is 17.9 Å². The summed E-state index contributed by atoms with van der Waals surface area (Å²) in [6, 6.07) is 0.580. The Morgan fingerprint density at radius 2 is 1.91 bits per heavy atom. The van der Waals surface area contributed by atoms with Crippen molar-refractivity contribution in [3.8, 4) is 0 Å². The molecule has 1 aliphatic rings. The number of rotatable bonds is 8. The van der Waals surface area contributed by atoms with E-state index in [4.69, 9.17) is 0 Å². The molecule has 3 rings (SSSR count). The van der Waals surface area contributed by atoms with E-state index in [0.717, 1.165) is 0 Å². The number of hydrogen-bond acceptors (Lipinski definition) is 7. The van der Waals surface area contributed by atoms with Crippen LogP contribution >= 0.6 is 11.8 Å². The number of alkyl halides is 7. The van der Waals surface area contributed by atoms with Crippen LogP contribution in [0, 0.1) is 0 Å². The van der Waals surface area contributed by atoms with Gasteiger partial charge in [0.2, 0.25) is 0 Å². The number of aliphatic hydroxyl groups is 1. The number of halogens is 7. The first-order valence-corrected chi connectivity index (χ1v) is 10.6. The normalized spacial score (nSPS) is 18.9. The second-order valence-electron chi connectivity index (χ2n) is 7.22. The van der Waals surface area contributed by atoms with E-state index in [1.54, 1.807) is 6.92 Å². The number of carbonyl (C=O) groups is 1. The average molecular weight is 517 g/mol. The van der Waals surface area contributed by atoms with Crippen LogP contribution in [0.15, 0.2) is 16.3 Å². The molecular formula is C17H18F7N7O2S. The Hall–Kier alpha value is -2.69. The summed E-state index contributed by atoms with van der Waals surface area (Å²) >= 11 is 0.684. The highest BCUT2D eigenvalue weighted by Gasteiger charge is 2.62. The number of thioether (sulfide) groups is 1. The zero-order chi connectivity index (χ0) is 25.4. The standard InChI is InChI=1S/C17H18F7N7O2S/c1-3-29-11(6-30-10(14(20)21)4-9(28-30)13(18)19)25-26-15(29)34-7-12(32)31-16(33,17(22,23)24)5-8(2)27-31/h4,13-14,33H,3,5-7H2,1-2H3/t16-/m0/s1. The summed E-state index contributed by atoms with van der Waals surface area (Å²) in [5.41, 5.74) is -5.14. The first kappa shape index (κ1) is 25.9. The van der Waals surface area contributed by atoms with Gasteiger partial charge in [-0.2, -0.15) is 28.4 Å². The van der Waals surface area contributed by atoms with Gasteiger partial charge in [-0.3, -0.25) is 9.48 Å². The summed E-state index contributed by atoms with van der Waals surface area (Å²) in [5, 5.41) is 24.6. The number of hydrazone groups is 1. The van der Waals surface area contributed by atoms with Crippen molar-refractivity contribution in [1.29, 1.82) is 0 Å². The summed E-state index contributed by atoms with van der Waals surface area (Å²) in [4.78, 5) is 12.4. The third-order valence-corrected chi connectivity index (χ3v) is 5.77. The van der Waals surface area contributed by atoms with Gasteiger partial charge in [0.15, 0.2) is 11.0 Å². The SMILES string of the molecule is CCn1c(Cn2nc(C(F)F)cc2C(F)F)nnc1SCC(=O)N1N=C(C)C[C@]1(O)C(F)(F)F. The first-order chi connectivity index (χ1) is 15.8. The quantitative estimate of drug-likeness (QED) is 0.426. The fraction of sp³-hybridized carbons (Fsp3) is 0.588. The van der Waals surface area contributed by atoms with E-state index in [2.05, 4.69) is 20.4 Å². The molecule has 34 heavy (non-hydrogen) atoms. The summed E-state index contributed by atoms with van der Waals surface area (Å²) < 4.78 is 94.1. The van der Waals surface area contributed by atoms with E-state index in [9.17, 15) is 40.6 Å². The fourth-order valence-electron chi connectivity index (χ4n) is 3.25. The third-order valence-electron chi connectivity index (χ3n) is 4.82. The van der Waals surface area contributed by atoms with Crippen molar-refractivity contribution < 1.29 is 40.6 Å². The number of hydrogen-bond donors (Lipinski definition) is 1. The van der Waals surface area contributed by atoms with Crippen molar-refractivity contribution in [3.63, 3.8) is 0 Å². The average Bonchev–Trinajstić information content (AvgIpc) is 3.41. The van der Waals surface area contributed by atoms with Crippen LogP contribution in [0.1, 0.15) is 50.3 Å². The molecule has 1 N–H and O–H groups in total. The van der Waals surface area contributed by atoms with Gasteiger partial charge in [-0.1, -0.05) is 11.8 Å². The molecule has 188 valence electrons. The fourth-order valence-corrected chi connectivity index (χ4v) is 4.11. The maximum Gasteiger partial charge on any atom is 0.438 e. The molecule has 0 fully saturated rings. The second kappa shape index (κ2) is 9.52. The molecule has 3 heterocycles. The van der Waals surface area contributed by atoms with E-state index in [-0.39, 0.29) is 28.2 Å². The van der Waals surface area contributed by atoms with Crippen molar-refractivity contribution >= 4 is 23.4 Å². The molecule has 1 aliphatic heterocycles. The zero-order valence-corrected chi connectivity index (χ0v) is 18.4. The Bertz CT molecular complexity index is 1080. The van der Waals surface area contributed by atoms with Crippen molar-refractivity contribution in [2.45, 2.75) is 63.3 Å². The maximum absolute atomic E-state index is 13.3. The van der Waals surface area contributed by atoms with Crippen LogP contribution in [0.3, 0.4) is 0 Å². The lowest BCUT2D eigenvalue weighted by atomic mass is 10.1. The van der Waals surface area contributed by atoms with E-state index in [0.29, 0.717) is 22.5 Å². The molecule has 0 saturated carbocycles. The van der Waals surface area contributed by atoms with Crippen molar-refractivity contribution in [2.75, 3.05) is 5.75 Å². The van der Waals surface area contributed by atoms with Gasteiger partial charge in [-0.25, -0.2) is 17.6 Å². The molecule has 0 radical (unpaired) electrons. The predicted molar refractivity (Wildman–Crippen MR) is 103 cm³/mol. The molecule has 2 aromatic heterocycles. The molecule has 0 saturated heterocycles. The van der Waals surface area contributed by atoms with Gasteiger partial charge < -0.3 is 9.67 Å². The highest BCUT2D eigenvalue weighted by atomic mass is 32.2. The molecule has 0 bridgehead atoms. The van der Waals surface area contributed by atoms with Gasteiger partial charge in [0.25, 0.3) is 24.5 Å². The largest absolute Gasteiger partial charge is 0.438 e. The van der Waals surface area contributed by atoms with Crippen LogP contribution in [0.5, 0.6) is 0 Å². The van der Waals surface area contributed by atoms with Gasteiger partial charge in [0, 0.05) is 18.7 Å². The predicted octanol–water partition coefficient (Wildman–Crippen LogP) is 3.37. The number of aromatic nitrogens is 5. The second-order valence-corrected chi connectivity index (χ2v) is 8.16. The zero-order valence-electron chi connectivity index (χ0n) is 17.6. The van der Waals surface area contributed by atoms with Crippen molar-refractivity contribution in [1.82, 2.24) is 29.6 Å². The molecule has 0 spiro atoms. The molecular weight excluding hydrogens is 499 g/mol. The summed E-state index contributed by atoms with van der Waals surface area (Å²) in [5.74, 6) is -1.71. The van der Waals surface area contributed by atoms with Gasteiger partial charge >= 0.3 is 6.18 Å². The van der Waals surface area contributed by atoms with E-state index < -0.39 is 60.8 Å². The third kappa shape index (κ3) is 4.89. The first-order valence-electron chi connectivity index (χ1n) is 9.63. The van der Waals surface area contributed by atoms with Crippen LogP contribution < -0.4 is 0 Å². The monoisotopic (exact) mass is 517 g/mol. The lowest BCUT2D eigenvalue weighted by Crippen LogP contribution is -2.57. The van der Waals surface area contributed by atoms with Crippen LogP contribution in [0.2, 0.25) is 0 Å². The minimum absolute atomic E-state index is 0.0204. The molecule has 0 aromatic carbocycles. The Morgan fingerprint density at radius 1 is 1.24 bits per heavy atom. The molecule has 2 aromatic rings. The molecule has 0 unspecified atom stereocenters. The van der Waals surface area contributed by atoms with Crippen LogP contribution in [-0.4, -0.2) is 63.9 Å². The molecule has 0 aliphatic carbocycles. The molecule has 17 heteroatoms. The van der Waals surface area contributed by atoms with Crippen molar-refractivity contribution in [2.24, 2.45) is 5.10 Å². The lowest BCUT2D eigenvalue weighted by Gasteiger charge is -2.32. The minimum atomic E-state index is -5.14. The Labute approximate surface area is 191 Å². The number of carbonyl (C=O) groups excluding carboxylic acids is 1. The van der Waals surface area contributed by atoms with Crippen molar-refractivity contribution in [3.05, 3.63) is 23.3 Å². The minimum Gasteiger partial charge on any atom is -0.362 e. The number of amides is 1. The van der Waals surface area contributed by atoms with Gasteiger partial charge in [-0.15, -0.1) is 10.2 Å². The van der Waals surface area contributed by atoms with Gasteiger partial charge in [0.1, 0.15) is 17.9 Å². The van der Waals surface area contributed by atoms with Gasteiger partial charge in [-0.05, 0) is 19.9 Å². The Balaban J connectivity index is 1.78. The van der Waals surface area contributed by atoms with Gasteiger partial charge in [0.05, 0.1) is 5.75 Å². The Morgan fingerprint density at radius 3 is 2.47 bits per heavy atom. The summed E-state index contributed by atoms with van der Waals surface area (Å²) in [6.45, 7) is 2.58. The van der Waals surface area contributed by atoms with E-state index >= 15 is 0 Å². The van der Waals surface area contributed by atoms with Crippen LogP contribution in [0.25, 0.3) is 0 Å². The highest BCUT2D eigenvalue weighted by molar-refractivity contribution is 7.99.